The van der Waals surface area contributed by atoms with Gasteiger partial charge in [0.15, 0.2) is 0 Å². The maximum atomic E-state index is 11.3. The van der Waals surface area contributed by atoms with E-state index in [4.69, 9.17) is 5.73 Å². The molecule has 1 rings (SSSR count). The van der Waals surface area contributed by atoms with E-state index in [0.29, 0.717) is 12.5 Å². The first kappa shape index (κ1) is 11.5. The van der Waals surface area contributed by atoms with Crippen LogP contribution in [0.25, 0.3) is 0 Å². The topological polar surface area (TPSA) is 49.6 Å². The standard InChI is InChI=1S/C10H21N3O/c1-12(2)10(14)5-7-13-6-3-4-9(11)8-13/h9H,3-8,11H2,1-2H3/t9-/m1/s1. The van der Waals surface area contributed by atoms with Crippen molar-refractivity contribution in [3.05, 3.63) is 0 Å². The highest BCUT2D eigenvalue weighted by atomic mass is 16.2. The summed E-state index contributed by atoms with van der Waals surface area (Å²) in [6.45, 7) is 2.89. The molecule has 4 nitrogen and oxygen atoms in total. The van der Waals surface area contributed by atoms with E-state index >= 15 is 0 Å². The Morgan fingerprint density at radius 3 is 2.86 bits per heavy atom. The van der Waals surface area contributed by atoms with Crippen LogP contribution in [0.2, 0.25) is 0 Å². The molecule has 1 amide bonds. The highest BCUT2D eigenvalue weighted by molar-refractivity contribution is 5.75. The second-order valence-electron chi connectivity index (χ2n) is 4.24. The molecular weight excluding hydrogens is 178 g/mol. The summed E-state index contributed by atoms with van der Waals surface area (Å²) >= 11 is 0. The van der Waals surface area contributed by atoms with Crippen LogP contribution in [0.4, 0.5) is 0 Å². The molecule has 0 aromatic carbocycles. The lowest BCUT2D eigenvalue weighted by Crippen LogP contribution is -2.43. The van der Waals surface area contributed by atoms with Crippen molar-refractivity contribution in [2.75, 3.05) is 33.7 Å². The van der Waals surface area contributed by atoms with Crippen LogP contribution in [0.1, 0.15) is 19.3 Å². The maximum Gasteiger partial charge on any atom is 0.223 e. The van der Waals surface area contributed by atoms with Gasteiger partial charge in [0.1, 0.15) is 0 Å². The molecule has 0 radical (unpaired) electrons. The summed E-state index contributed by atoms with van der Waals surface area (Å²) in [7, 11) is 3.59. The van der Waals surface area contributed by atoms with Crippen LogP contribution in [0.5, 0.6) is 0 Å². The van der Waals surface area contributed by atoms with Crippen LogP contribution < -0.4 is 5.73 Å². The molecule has 0 bridgehead atoms. The molecule has 1 aliphatic heterocycles. The van der Waals surface area contributed by atoms with Gasteiger partial charge in [-0.1, -0.05) is 0 Å². The Kier molecular flexibility index (Phi) is 4.35. The van der Waals surface area contributed by atoms with Gasteiger partial charge in [-0.15, -0.1) is 0 Å². The van der Waals surface area contributed by atoms with Gasteiger partial charge < -0.3 is 15.5 Å². The highest BCUT2D eigenvalue weighted by Gasteiger charge is 2.17. The van der Waals surface area contributed by atoms with Crippen molar-refractivity contribution in [1.82, 2.24) is 9.80 Å². The number of carbonyl (C=O) groups is 1. The Balaban J connectivity index is 2.20. The molecule has 0 unspecified atom stereocenters. The predicted molar refractivity (Wildman–Crippen MR) is 57.0 cm³/mol. The molecule has 1 aliphatic rings. The minimum absolute atomic E-state index is 0.198. The SMILES string of the molecule is CN(C)C(=O)CCN1CCC[C@@H](N)C1. The largest absolute Gasteiger partial charge is 0.349 e. The first-order chi connectivity index (χ1) is 6.59. The van der Waals surface area contributed by atoms with Gasteiger partial charge in [-0.3, -0.25) is 4.79 Å². The lowest BCUT2D eigenvalue weighted by atomic mass is 10.1. The van der Waals surface area contributed by atoms with E-state index in [1.165, 1.54) is 0 Å². The Bertz CT molecular complexity index is 194. The smallest absolute Gasteiger partial charge is 0.223 e. The van der Waals surface area contributed by atoms with Crippen molar-refractivity contribution in [2.45, 2.75) is 25.3 Å². The lowest BCUT2D eigenvalue weighted by molar-refractivity contribution is -0.129. The van der Waals surface area contributed by atoms with Gasteiger partial charge in [-0.2, -0.15) is 0 Å². The summed E-state index contributed by atoms with van der Waals surface area (Å²) in [4.78, 5) is 15.3. The summed E-state index contributed by atoms with van der Waals surface area (Å²) in [6.07, 6.45) is 2.90. The summed E-state index contributed by atoms with van der Waals surface area (Å²) in [6, 6.07) is 0.304. The van der Waals surface area contributed by atoms with Crippen LogP contribution in [-0.4, -0.2) is 55.5 Å². The van der Waals surface area contributed by atoms with Gasteiger partial charge >= 0.3 is 0 Å². The fraction of sp³-hybridized carbons (Fsp3) is 0.900. The molecule has 0 aliphatic carbocycles. The third-order valence-electron chi connectivity index (χ3n) is 2.68. The Morgan fingerprint density at radius 2 is 2.29 bits per heavy atom. The lowest BCUT2D eigenvalue weighted by Gasteiger charge is -2.30. The molecule has 82 valence electrons. The molecule has 14 heavy (non-hydrogen) atoms. The average Bonchev–Trinajstić information content (AvgIpc) is 2.14. The molecular formula is C10H21N3O. The van der Waals surface area contributed by atoms with Crippen molar-refractivity contribution in [1.29, 1.82) is 0 Å². The van der Waals surface area contributed by atoms with Gasteiger partial charge in [0, 0.05) is 39.6 Å². The number of amides is 1. The molecule has 0 aromatic heterocycles. The van der Waals surface area contributed by atoms with Crippen molar-refractivity contribution in [3.63, 3.8) is 0 Å². The Morgan fingerprint density at radius 1 is 1.57 bits per heavy atom. The van der Waals surface area contributed by atoms with E-state index in [1.54, 1.807) is 19.0 Å². The minimum Gasteiger partial charge on any atom is -0.349 e. The number of rotatable bonds is 3. The van der Waals surface area contributed by atoms with E-state index in [-0.39, 0.29) is 5.91 Å². The van der Waals surface area contributed by atoms with E-state index in [1.807, 2.05) is 0 Å². The summed E-state index contributed by atoms with van der Waals surface area (Å²) < 4.78 is 0. The van der Waals surface area contributed by atoms with Crippen LogP contribution in [0.15, 0.2) is 0 Å². The molecule has 4 heteroatoms. The maximum absolute atomic E-state index is 11.3. The molecule has 1 saturated heterocycles. The van der Waals surface area contributed by atoms with Crippen LogP contribution in [0.3, 0.4) is 0 Å². The van der Waals surface area contributed by atoms with Crippen molar-refractivity contribution >= 4 is 5.91 Å². The number of nitrogens with two attached hydrogens (primary N) is 1. The molecule has 0 aromatic rings. The molecule has 0 saturated carbocycles. The average molecular weight is 199 g/mol. The van der Waals surface area contributed by atoms with E-state index < -0.39 is 0 Å². The van der Waals surface area contributed by atoms with Gasteiger partial charge in [-0.05, 0) is 19.4 Å². The normalized spacial score (nSPS) is 23.5. The number of likely N-dealkylation sites (tertiary alicyclic amines) is 1. The fourth-order valence-corrected chi connectivity index (χ4v) is 1.77. The first-order valence-electron chi connectivity index (χ1n) is 5.27. The number of piperidine rings is 1. The van der Waals surface area contributed by atoms with Gasteiger partial charge in [0.25, 0.3) is 0 Å². The van der Waals surface area contributed by atoms with Gasteiger partial charge in [0.05, 0.1) is 0 Å². The zero-order chi connectivity index (χ0) is 10.6. The first-order valence-corrected chi connectivity index (χ1v) is 5.27. The van der Waals surface area contributed by atoms with Gasteiger partial charge in [-0.25, -0.2) is 0 Å². The number of hydrogen-bond acceptors (Lipinski definition) is 3. The van der Waals surface area contributed by atoms with Crippen LogP contribution in [-0.2, 0) is 4.79 Å². The number of nitrogens with zero attached hydrogens (tertiary/aromatic N) is 2. The van der Waals surface area contributed by atoms with E-state index in [2.05, 4.69) is 4.90 Å². The van der Waals surface area contributed by atoms with Crippen molar-refractivity contribution in [2.24, 2.45) is 5.73 Å². The number of carbonyl (C=O) groups excluding carboxylic acids is 1. The molecule has 2 N–H and O–H groups in total. The monoisotopic (exact) mass is 199 g/mol. The zero-order valence-electron chi connectivity index (χ0n) is 9.20. The Labute approximate surface area is 86.0 Å². The van der Waals surface area contributed by atoms with Crippen molar-refractivity contribution < 1.29 is 4.79 Å². The fourth-order valence-electron chi connectivity index (χ4n) is 1.77. The molecule has 0 spiro atoms. The summed E-state index contributed by atoms with van der Waals surface area (Å²) in [5.74, 6) is 0.198. The summed E-state index contributed by atoms with van der Waals surface area (Å²) in [5, 5.41) is 0. The number of hydrogen-bond donors (Lipinski definition) is 1. The summed E-state index contributed by atoms with van der Waals surface area (Å²) in [5.41, 5.74) is 5.85. The predicted octanol–water partition coefficient (Wildman–Crippen LogP) is -0.112. The van der Waals surface area contributed by atoms with E-state index in [9.17, 15) is 4.79 Å². The third kappa shape index (κ3) is 3.64. The third-order valence-corrected chi connectivity index (χ3v) is 2.68. The zero-order valence-corrected chi connectivity index (χ0v) is 9.20. The molecule has 1 atom stereocenters. The highest BCUT2D eigenvalue weighted by Crippen LogP contribution is 2.08. The quantitative estimate of drug-likeness (QED) is 0.690. The van der Waals surface area contributed by atoms with Crippen LogP contribution >= 0.6 is 0 Å². The second kappa shape index (κ2) is 5.32. The molecule has 1 fully saturated rings. The van der Waals surface area contributed by atoms with Crippen molar-refractivity contribution in [3.8, 4) is 0 Å². The Hall–Kier alpha value is -0.610. The molecule has 1 heterocycles. The van der Waals surface area contributed by atoms with Crippen LogP contribution in [0, 0.1) is 0 Å². The van der Waals surface area contributed by atoms with Gasteiger partial charge in [0.2, 0.25) is 5.91 Å². The second-order valence-corrected chi connectivity index (χ2v) is 4.24. The van der Waals surface area contributed by atoms with E-state index in [0.717, 1.165) is 32.5 Å². The minimum atomic E-state index is 0.198.